The zero-order valence-electron chi connectivity index (χ0n) is 7.56. The lowest BCUT2D eigenvalue weighted by Crippen LogP contribution is -2.44. The van der Waals surface area contributed by atoms with Crippen LogP contribution in [0.4, 0.5) is 4.79 Å². The van der Waals surface area contributed by atoms with E-state index in [1.54, 1.807) is 12.0 Å². The smallest absolute Gasteiger partial charge is 0.346 e. The molecule has 72 valence electrons. The molecule has 5 nitrogen and oxygen atoms in total. The van der Waals surface area contributed by atoms with Gasteiger partial charge in [0, 0.05) is 13.2 Å². The first-order valence-electron chi connectivity index (χ1n) is 4.39. The molecule has 0 aromatic carbocycles. The molecule has 1 aliphatic heterocycles. The second kappa shape index (κ2) is 2.99. The summed E-state index contributed by atoms with van der Waals surface area (Å²) in [5.41, 5.74) is 5.62. The molecule has 0 saturated heterocycles. The fraction of sp³-hybridized carbons (Fsp3) is 0.750. The van der Waals surface area contributed by atoms with Crippen molar-refractivity contribution in [1.29, 1.82) is 0 Å². The van der Waals surface area contributed by atoms with E-state index < -0.39 is 0 Å². The van der Waals surface area contributed by atoms with Gasteiger partial charge in [-0.3, -0.25) is 0 Å². The molecule has 2 rings (SSSR count). The molecule has 1 atom stereocenters. The number of carbonyl (C=O) groups excluding carboxylic acids is 1. The molecule has 1 unspecified atom stereocenters. The van der Waals surface area contributed by atoms with Crippen LogP contribution in [0.25, 0.3) is 0 Å². The second-order valence-corrected chi connectivity index (χ2v) is 3.43. The SMILES string of the molecule is COCC1C(N)=NC(=O)N1C1CC1. The summed E-state index contributed by atoms with van der Waals surface area (Å²) in [4.78, 5) is 16.8. The Morgan fingerprint density at radius 3 is 2.92 bits per heavy atom. The van der Waals surface area contributed by atoms with E-state index in [4.69, 9.17) is 10.5 Å². The fourth-order valence-corrected chi connectivity index (χ4v) is 1.61. The number of amides is 2. The largest absolute Gasteiger partial charge is 0.385 e. The molecule has 0 aromatic rings. The van der Waals surface area contributed by atoms with Crippen molar-refractivity contribution in [3.05, 3.63) is 0 Å². The fourth-order valence-electron chi connectivity index (χ4n) is 1.61. The number of hydrogen-bond acceptors (Lipinski definition) is 3. The van der Waals surface area contributed by atoms with Crippen LogP contribution < -0.4 is 5.73 Å². The Hall–Kier alpha value is -1.10. The summed E-state index contributed by atoms with van der Waals surface area (Å²) in [6.07, 6.45) is 2.13. The van der Waals surface area contributed by atoms with Gasteiger partial charge < -0.3 is 15.4 Å². The number of ether oxygens (including phenoxy) is 1. The summed E-state index contributed by atoms with van der Waals surface area (Å²) < 4.78 is 5.00. The lowest BCUT2D eigenvalue weighted by Gasteiger charge is -2.22. The molecule has 1 fully saturated rings. The van der Waals surface area contributed by atoms with Crippen molar-refractivity contribution < 1.29 is 9.53 Å². The van der Waals surface area contributed by atoms with Gasteiger partial charge >= 0.3 is 6.03 Å². The van der Waals surface area contributed by atoms with Crippen LogP contribution in [-0.4, -0.2) is 42.6 Å². The zero-order valence-corrected chi connectivity index (χ0v) is 7.56. The van der Waals surface area contributed by atoms with Crippen LogP contribution in [0.2, 0.25) is 0 Å². The molecule has 2 N–H and O–H groups in total. The molecular weight excluding hydrogens is 170 g/mol. The average molecular weight is 183 g/mol. The van der Waals surface area contributed by atoms with E-state index in [0.717, 1.165) is 12.8 Å². The third-order valence-corrected chi connectivity index (χ3v) is 2.39. The van der Waals surface area contributed by atoms with Crippen LogP contribution in [0.3, 0.4) is 0 Å². The summed E-state index contributed by atoms with van der Waals surface area (Å²) in [7, 11) is 1.60. The van der Waals surface area contributed by atoms with Gasteiger partial charge in [-0.15, -0.1) is 0 Å². The molecule has 1 heterocycles. The Bertz CT molecular complexity index is 260. The predicted octanol–water partition coefficient (Wildman–Crippen LogP) is -0.0434. The highest BCUT2D eigenvalue weighted by molar-refractivity contribution is 6.03. The van der Waals surface area contributed by atoms with Gasteiger partial charge in [-0.25, -0.2) is 4.79 Å². The Morgan fingerprint density at radius 1 is 1.69 bits per heavy atom. The molecule has 2 amide bonds. The van der Waals surface area contributed by atoms with Crippen molar-refractivity contribution in [2.75, 3.05) is 13.7 Å². The minimum absolute atomic E-state index is 0.134. The van der Waals surface area contributed by atoms with Crippen LogP contribution in [0.15, 0.2) is 4.99 Å². The number of hydrogen-bond donors (Lipinski definition) is 1. The summed E-state index contributed by atoms with van der Waals surface area (Å²) in [5.74, 6) is 0.388. The van der Waals surface area contributed by atoms with Gasteiger partial charge in [0.25, 0.3) is 0 Å². The zero-order chi connectivity index (χ0) is 9.42. The van der Waals surface area contributed by atoms with Crippen molar-refractivity contribution in [3.8, 4) is 0 Å². The maximum Gasteiger partial charge on any atom is 0.346 e. The lowest BCUT2D eigenvalue weighted by molar-refractivity contribution is 0.136. The van der Waals surface area contributed by atoms with Gasteiger partial charge in [0.2, 0.25) is 0 Å². The second-order valence-electron chi connectivity index (χ2n) is 3.43. The van der Waals surface area contributed by atoms with Crippen molar-refractivity contribution in [3.63, 3.8) is 0 Å². The minimum atomic E-state index is -0.206. The van der Waals surface area contributed by atoms with Crippen molar-refractivity contribution in [1.82, 2.24) is 4.90 Å². The third-order valence-electron chi connectivity index (χ3n) is 2.39. The average Bonchev–Trinajstić information content (AvgIpc) is 2.83. The molecular formula is C8H13N3O2. The molecule has 1 aliphatic carbocycles. The number of aliphatic imine (C=N–C) groups is 1. The Morgan fingerprint density at radius 2 is 2.38 bits per heavy atom. The van der Waals surface area contributed by atoms with Crippen molar-refractivity contribution >= 4 is 11.9 Å². The number of urea groups is 1. The molecule has 13 heavy (non-hydrogen) atoms. The van der Waals surface area contributed by atoms with Gasteiger partial charge in [0.15, 0.2) is 0 Å². The van der Waals surface area contributed by atoms with Crippen LogP contribution in [0.5, 0.6) is 0 Å². The molecule has 0 bridgehead atoms. The van der Waals surface area contributed by atoms with E-state index in [1.807, 2.05) is 0 Å². The standard InChI is InChI=1S/C8H13N3O2/c1-13-4-6-7(9)10-8(12)11(6)5-2-3-5/h5-6H,2-4H2,1H3,(H2,9,10,12). The van der Waals surface area contributed by atoms with E-state index in [2.05, 4.69) is 4.99 Å². The highest BCUT2D eigenvalue weighted by atomic mass is 16.5. The van der Waals surface area contributed by atoms with Crippen LogP contribution in [-0.2, 0) is 4.74 Å². The van der Waals surface area contributed by atoms with Crippen LogP contribution in [0.1, 0.15) is 12.8 Å². The first-order valence-corrected chi connectivity index (χ1v) is 4.39. The van der Waals surface area contributed by atoms with Crippen LogP contribution >= 0.6 is 0 Å². The number of carbonyl (C=O) groups is 1. The van der Waals surface area contributed by atoms with E-state index in [0.29, 0.717) is 18.5 Å². The Kier molecular flexibility index (Phi) is 1.95. The van der Waals surface area contributed by atoms with E-state index in [-0.39, 0.29) is 12.1 Å². The third kappa shape index (κ3) is 1.39. The maximum absolute atomic E-state index is 11.4. The molecule has 0 aromatic heterocycles. The normalized spacial score (nSPS) is 28.1. The Labute approximate surface area is 76.6 Å². The van der Waals surface area contributed by atoms with Crippen molar-refractivity contribution in [2.24, 2.45) is 10.7 Å². The van der Waals surface area contributed by atoms with Gasteiger partial charge in [-0.1, -0.05) is 0 Å². The van der Waals surface area contributed by atoms with Gasteiger partial charge in [-0.05, 0) is 12.8 Å². The number of rotatable bonds is 3. The van der Waals surface area contributed by atoms with Gasteiger partial charge in [-0.2, -0.15) is 4.99 Å². The maximum atomic E-state index is 11.4. The molecule has 0 radical (unpaired) electrons. The van der Waals surface area contributed by atoms with E-state index in [9.17, 15) is 4.79 Å². The number of nitrogens with two attached hydrogens (primary N) is 1. The summed E-state index contributed by atoms with van der Waals surface area (Å²) in [6, 6.07) is 0.00417. The monoisotopic (exact) mass is 183 g/mol. The number of amidine groups is 1. The summed E-state index contributed by atoms with van der Waals surface area (Å²) >= 11 is 0. The van der Waals surface area contributed by atoms with E-state index >= 15 is 0 Å². The molecule has 0 spiro atoms. The summed E-state index contributed by atoms with van der Waals surface area (Å²) in [5, 5.41) is 0. The number of methoxy groups -OCH3 is 1. The van der Waals surface area contributed by atoms with Gasteiger partial charge in [0.1, 0.15) is 11.9 Å². The minimum Gasteiger partial charge on any atom is -0.385 e. The topological polar surface area (TPSA) is 67.9 Å². The van der Waals surface area contributed by atoms with Crippen LogP contribution in [0, 0.1) is 0 Å². The van der Waals surface area contributed by atoms with E-state index in [1.165, 1.54) is 0 Å². The molecule has 1 saturated carbocycles. The molecule has 2 aliphatic rings. The Balaban J connectivity index is 2.11. The number of nitrogens with zero attached hydrogens (tertiary/aromatic N) is 2. The quantitative estimate of drug-likeness (QED) is 0.667. The highest BCUT2D eigenvalue weighted by Crippen LogP contribution is 2.31. The first kappa shape index (κ1) is 8.50. The predicted molar refractivity (Wildman–Crippen MR) is 47.5 cm³/mol. The van der Waals surface area contributed by atoms with Crippen molar-refractivity contribution in [2.45, 2.75) is 24.9 Å². The highest BCUT2D eigenvalue weighted by Gasteiger charge is 2.42. The van der Waals surface area contributed by atoms with Gasteiger partial charge in [0.05, 0.1) is 6.61 Å². The lowest BCUT2D eigenvalue weighted by atomic mass is 10.2. The first-order chi connectivity index (χ1) is 6.24. The summed E-state index contributed by atoms with van der Waals surface area (Å²) in [6.45, 7) is 0.442. The molecule has 5 heteroatoms.